The number of aromatic nitrogens is 2. The zero-order valence-electron chi connectivity index (χ0n) is 54.1. The van der Waals surface area contributed by atoms with E-state index in [0.717, 1.165) is 98.0 Å². The zero-order chi connectivity index (χ0) is 62.8. The van der Waals surface area contributed by atoms with Gasteiger partial charge in [0.1, 0.15) is 11.2 Å². The van der Waals surface area contributed by atoms with Crippen molar-refractivity contribution in [2.24, 2.45) is 0 Å². The van der Waals surface area contributed by atoms with Gasteiger partial charge in [0.25, 0.3) is 0 Å². The fraction of sp³-hybridized carbons (Fsp3) is 0. The highest BCUT2D eigenvalue weighted by Crippen LogP contribution is 2.46. The Kier molecular flexibility index (Phi) is 9.02. The highest BCUT2D eigenvalue weighted by atomic mass is 28.3. The smallest absolute Gasteiger partial charge is 0.179 e. The van der Waals surface area contributed by atoms with Crippen molar-refractivity contribution >= 4 is 94.4 Å². The number of fused-ring (bicyclic) bond motifs is 9. The molecule has 4 heteroatoms. The van der Waals surface area contributed by atoms with E-state index in [0.29, 0.717) is 16.2 Å². The number of nitrogens with zero attached hydrogens (tertiary/aromatic N) is 2. The van der Waals surface area contributed by atoms with Crippen LogP contribution in [0.1, 0.15) is 13.7 Å². The second kappa shape index (κ2) is 19.4. The van der Waals surface area contributed by atoms with Crippen LogP contribution < -0.4 is 20.7 Å². The van der Waals surface area contributed by atoms with E-state index in [9.17, 15) is 11.0 Å². The molecule has 0 N–H and O–H groups in total. The first kappa shape index (κ1) is 38.1. The third-order valence-corrected chi connectivity index (χ3v) is 21.2. The van der Waals surface area contributed by atoms with Gasteiger partial charge in [-0.15, -0.1) is 0 Å². The molecule has 0 atom stereocenters. The lowest BCUT2D eigenvalue weighted by Gasteiger charge is -2.36. The summed E-state index contributed by atoms with van der Waals surface area (Å²) in [6.45, 7) is 0. The van der Waals surface area contributed by atoms with Gasteiger partial charge in [-0.2, -0.15) is 0 Å². The monoisotopic (exact) mass is 1070 g/mol. The first-order valence-electron chi connectivity index (χ1n) is 32.4. The highest BCUT2D eigenvalue weighted by Gasteiger charge is 2.42. The standard InChI is InChI=1S/C78H52N2OSi/c1-6-26-53(27-7-1)68-51-59(82(56-30-10-3-11-31-56,57-32-12-4-13-33-57)58-34-14-5-15-35-58)52-69(54-28-8-2-9-29-54)78(68)80-72-45-22-19-39-63(72)70-50-55(48-49-73(70)80)79-71-44-21-18-38-62(71)66-43-24-42-65(77(66)79)61-37-17-16-36-60(61)64-41-25-47-75-76(64)67-40-20-23-46-74(67)81-75/h1-52H/i1D,2D,6D,7D,8D,9D,26D,27D,28D,29D. The molecule has 82 heavy (non-hydrogen) atoms. The molecular formula is C78H52N2OSi. The Balaban J connectivity index is 1.04. The van der Waals surface area contributed by atoms with Crippen molar-refractivity contribution in [2.45, 2.75) is 0 Å². The average Bonchev–Trinajstić information content (AvgIpc) is 1.20. The molecule has 0 saturated heterocycles. The van der Waals surface area contributed by atoms with Gasteiger partial charge in [0.05, 0.1) is 41.5 Å². The predicted molar refractivity (Wildman–Crippen MR) is 348 cm³/mol. The molecule has 0 unspecified atom stereocenters. The summed E-state index contributed by atoms with van der Waals surface area (Å²) in [5, 5.41) is 9.31. The number of rotatable bonds is 10. The van der Waals surface area contributed by atoms with Crippen molar-refractivity contribution < 1.29 is 18.1 Å². The number of benzene rings is 13. The van der Waals surface area contributed by atoms with Crippen LogP contribution >= 0.6 is 0 Å². The molecule has 0 radical (unpaired) electrons. The third kappa shape index (κ3) is 7.35. The van der Waals surface area contributed by atoms with Crippen LogP contribution in [0.4, 0.5) is 0 Å². The van der Waals surface area contributed by atoms with Crippen molar-refractivity contribution in [1.29, 1.82) is 0 Å². The minimum absolute atomic E-state index is 0.114. The summed E-state index contributed by atoms with van der Waals surface area (Å²) < 4.78 is 105. The van der Waals surface area contributed by atoms with E-state index in [4.69, 9.17) is 7.16 Å². The van der Waals surface area contributed by atoms with Crippen molar-refractivity contribution in [3.63, 3.8) is 0 Å². The van der Waals surface area contributed by atoms with Gasteiger partial charge < -0.3 is 13.6 Å². The van der Waals surface area contributed by atoms with Crippen molar-refractivity contribution in [1.82, 2.24) is 9.13 Å². The first-order valence-corrected chi connectivity index (χ1v) is 29.4. The first-order chi connectivity index (χ1) is 44.9. The molecule has 0 saturated carbocycles. The van der Waals surface area contributed by atoms with Gasteiger partial charge in [-0.05, 0) is 91.0 Å². The van der Waals surface area contributed by atoms with E-state index in [2.05, 4.69) is 132 Å². The van der Waals surface area contributed by atoms with Crippen LogP contribution in [0.3, 0.4) is 0 Å². The topological polar surface area (TPSA) is 23.0 Å². The summed E-state index contributed by atoms with van der Waals surface area (Å²) >= 11 is 0. The summed E-state index contributed by atoms with van der Waals surface area (Å²) in [5.41, 5.74) is 10.3. The number of para-hydroxylation sites is 4. The Morgan fingerprint density at radius 3 is 1.38 bits per heavy atom. The maximum Gasteiger partial charge on any atom is 0.179 e. The van der Waals surface area contributed by atoms with E-state index < -0.39 is 68.5 Å². The molecule has 3 aromatic heterocycles. The number of furan rings is 1. The van der Waals surface area contributed by atoms with Crippen LogP contribution in [0.5, 0.6) is 0 Å². The Hall–Kier alpha value is -10.5. The Morgan fingerprint density at radius 1 is 0.305 bits per heavy atom. The molecule has 384 valence electrons. The fourth-order valence-electron chi connectivity index (χ4n) is 13.1. The molecule has 0 spiro atoms. The molecule has 0 aliphatic rings. The van der Waals surface area contributed by atoms with Gasteiger partial charge in [0.15, 0.2) is 8.07 Å². The lowest BCUT2D eigenvalue weighted by atomic mass is 9.91. The van der Waals surface area contributed by atoms with Crippen LogP contribution in [-0.4, -0.2) is 17.2 Å². The number of hydrogen-bond acceptors (Lipinski definition) is 1. The van der Waals surface area contributed by atoms with Crippen molar-refractivity contribution in [3.8, 4) is 55.9 Å². The summed E-state index contributed by atoms with van der Waals surface area (Å²) in [5.74, 6) is 0. The Labute approximate surface area is 490 Å². The van der Waals surface area contributed by atoms with Crippen LogP contribution in [-0.2, 0) is 0 Å². The minimum Gasteiger partial charge on any atom is -0.456 e. The normalized spacial score (nSPS) is 13.6. The molecule has 13 aromatic carbocycles. The van der Waals surface area contributed by atoms with Crippen LogP contribution in [0.2, 0.25) is 0 Å². The van der Waals surface area contributed by atoms with E-state index in [1.54, 1.807) is 0 Å². The quantitative estimate of drug-likeness (QED) is 0.0989. The summed E-state index contributed by atoms with van der Waals surface area (Å²) in [4.78, 5) is 0. The summed E-state index contributed by atoms with van der Waals surface area (Å²) in [6.07, 6.45) is 0. The predicted octanol–water partition coefficient (Wildman–Crippen LogP) is 17.8. The lowest BCUT2D eigenvalue weighted by Crippen LogP contribution is -2.74. The van der Waals surface area contributed by atoms with E-state index >= 15 is 0 Å². The molecule has 0 fully saturated rings. The third-order valence-electron chi connectivity index (χ3n) is 16.4. The highest BCUT2D eigenvalue weighted by molar-refractivity contribution is 7.20. The van der Waals surface area contributed by atoms with E-state index in [1.807, 2.05) is 132 Å². The van der Waals surface area contributed by atoms with Crippen LogP contribution in [0.25, 0.3) is 121 Å². The Morgan fingerprint density at radius 2 is 0.756 bits per heavy atom. The molecule has 0 bridgehead atoms. The molecule has 0 aliphatic carbocycles. The van der Waals surface area contributed by atoms with Gasteiger partial charge in [-0.1, -0.05) is 273 Å². The molecular weight excluding hydrogens is 1010 g/mol. The molecule has 3 heterocycles. The van der Waals surface area contributed by atoms with Gasteiger partial charge in [0.2, 0.25) is 0 Å². The van der Waals surface area contributed by atoms with Gasteiger partial charge >= 0.3 is 0 Å². The van der Waals surface area contributed by atoms with Gasteiger partial charge in [-0.25, -0.2) is 0 Å². The molecule has 3 nitrogen and oxygen atoms in total. The molecule has 16 rings (SSSR count). The maximum absolute atomic E-state index is 9.90. The SMILES string of the molecule is [2H]c1c([2H])c([2H])c(-c2cc([Si](c3ccccc3)(c3ccccc3)c3ccccc3)cc(-c3c([2H])c([2H])c([2H])c([2H])c3[2H])c2-n2c3ccccc3c3cc(-n4c5ccccc5c5cccc(-c6ccccc6-c6cccc7oc8ccccc8c67)c54)ccc32)c([2H])c1[2H]. The molecule has 0 aliphatic heterocycles. The largest absolute Gasteiger partial charge is 0.456 e. The minimum atomic E-state index is -3.67. The molecule has 16 aromatic rings. The second-order valence-electron chi connectivity index (χ2n) is 20.7. The van der Waals surface area contributed by atoms with Gasteiger partial charge in [-0.3, -0.25) is 0 Å². The second-order valence-corrected chi connectivity index (χ2v) is 24.5. The maximum atomic E-state index is 9.90. The van der Waals surface area contributed by atoms with Crippen molar-refractivity contribution in [2.75, 3.05) is 0 Å². The lowest BCUT2D eigenvalue weighted by molar-refractivity contribution is 0.669. The Bertz CT molecular complexity index is 5480. The van der Waals surface area contributed by atoms with E-state index in [-0.39, 0.29) is 27.9 Å². The number of hydrogen-bond donors (Lipinski definition) is 0. The van der Waals surface area contributed by atoms with E-state index in [1.165, 1.54) is 0 Å². The zero-order valence-corrected chi connectivity index (χ0v) is 45.1. The van der Waals surface area contributed by atoms with Crippen LogP contribution in [0, 0.1) is 0 Å². The van der Waals surface area contributed by atoms with Crippen molar-refractivity contribution in [3.05, 3.63) is 315 Å². The fourth-order valence-corrected chi connectivity index (χ4v) is 17.9. The van der Waals surface area contributed by atoms with Gasteiger partial charge in [0, 0.05) is 54.7 Å². The summed E-state index contributed by atoms with van der Waals surface area (Å²) in [6, 6.07) is 80.9. The van der Waals surface area contributed by atoms with Crippen LogP contribution in [0.15, 0.2) is 320 Å². The average molecular weight is 1070 g/mol. The summed E-state index contributed by atoms with van der Waals surface area (Å²) in [7, 11) is -3.67. The molecule has 0 amide bonds.